The van der Waals surface area contributed by atoms with Crippen molar-refractivity contribution in [2.75, 3.05) is 39.0 Å². The van der Waals surface area contributed by atoms with E-state index < -0.39 is 11.4 Å². The van der Waals surface area contributed by atoms with E-state index in [2.05, 4.69) is 60.6 Å². The van der Waals surface area contributed by atoms with Gasteiger partial charge in [-0.25, -0.2) is 19.0 Å². The molecule has 2 aliphatic rings. The number of hydrogen-bond donors (Lipinski definition) is 1. The molecule has 250 valence electrons. The summed E-state index contributed by atoms with van der Waals surface area (Å²) in [6.07, 6.45) is 4.58. The SMILES string of the molecule is C[C@@H]1CN(C)[C@@H](C)CN1C(C)(C)C=C(C#N)C(=O)N1CCC[C@@H](n2nc(-c3ccc(Oc4ccccc4)cc3F)c3c(N)ncnc32)C1. The molecule has 2 aliphatic heterocycles. The van der Waals surface area contributed by atoms with Crippen LogP contribution in [-0.4, -0.2) is 91.2 Å². The summed E-state index contributed by atoms with van der Waals surface area (Å²) in [5.74, 6) is 0.274. The highest BCUT2D eigenvalue weighted by Crippen LogP contribution is 2.37. The number of ether oxygens (including phenoxy) is 1. The number of carbonyl (C=O) groups excluding carboxylic acids is 1. The Bertz CT molecular complexity index is 1880. The number of aromatic nitrogens is 4. The highest BCUT2D eigenvalue weighted by atomic mass is 19.1. The van der Waals surface area contributed by atoms with Gasteiger partial charge < -0.3 is 20.3 Å². The van der Waals surface area contributed by atoms with Crippen LogP contribution in [0.5, 0.6) is 11.5 Å². The molecule has 6 rings (SSSR count). The van der Waals surface area contributed by atoms with Crippen LogP contribution in [0, 0.1) is 17.1 Å². The molecule has 4 heterocycles. The van der Waals surface area contributed by atoms with Crippen molar-refractivity contribution in [2.45, 2.75) is 64.2 Å². The summed E-state index contributed by atoms with van der Waals surface area (Å²) >= 11 is 0. The number of piperazine rings is 1. The Morgan fingerprint density at radius 3 is 2.58 bits per heavy atom. The van der Waals surface area contributed by atoms with Crippen LogP contribution in [0.1, 0.15) is 46.6 Å². The molecular weight excluding hydrogens is 609 g/mol. The van der Waals surface area contributed by atoms with Gasteiger partial charge in [-0.2, -0.15) is 10.4 Å². The summed E-state index contributed by atoms with van der Waals surface area (Å²) in [6.45, 7) is 11.1. The first kappa shape index (κ1) is 33.1. The first-order valence-electron chi connectivity index (χ1n) is 16.4. The Hall–Kier alpha value is -4.86. The topological polar surface area (TPSA) is 129 Å². The fourth-order valence-corrected chi connectivity index (χ4v) is 7.00. The molecule has 0 radical (unpaired) electrons. The Balaban J connectivity index is 1.27. The Morgan fingerprint density at radius 2 is 1.85 bits per heavy atom. The highest BCUT2D eigenvalue weighted by molar-refractivity contribution is 5.99. The van der Waals surface area contributed by atoms with Crippen molar-refractivity contribution in [1.82, 2.24) is 34.4 Å². The van der Waals surface area contributed by atoms with Gasteiger partial charge in [0.1, 0.15) is 46.8 Å². The molecule has 2 saturated heterocycles. The fraction of sp³-hybridized carbons (Fsp3) is 0.417. The number of piperidine rings is 1. The number of anilines is 1. The van der Waals surface area contributed by atoms with E-state index in [1.54, 1.807) is 33.8 Å². The van der Waals surface area contributed by atoms with Gasteiger partial charge in [-0.15, -0.1) is 0 Å². The Kier molecular flexibility index (Phi) is 9.18. The van der Waals surface area contributed by atoms with Crippen molar-refractivity contribution >= 4 is 22.8 Å². The number of likely N-dealkylation sites (tertiary alicyclic amines) is 1. The first-order valence-corrected chi connectivity index (χ1v) is 16.4. The van der Waals surface area contributed by atoms with Gasteiger partial charge in [-0.05, 0) is 77.9 Å². The molecule has 3 atom stereocenters. The number of nitrogens with zero attached hydrogens (tertiary/aromatic N) is 8. The average molecular weight is 652 g/mol. The summed E-state index contributed by atoms with van der Waals surface area (Å²) in [5.41, 5.74) is 6.95. The van der Waals surface area contributed by atoms with Gasteiger partial charge in [-0.3, -0.25) is 9.69 Å². The lowest BCUT2D eigenvalue weighted by Gasteiger charge is -2.49. The van der Waals surface area contributed by atoms with Gasteiger partial charge in [0, 0.05) is 55.4 Å². The lowest BCUT2D eigenvalue weighted by atomic mass is 9.93. The minimum atomic E-state index is -0.533. The van der Waals surface area contributed by atoms with Crippen LogP contribution in [0.4, 0.5) is 10.2 Å². The number of hydrogen-bond acceptors (Lipinski definition) is 9. The number of benzene rings is 2. The van der Waals surface area contributed by atoms with Gasteiger partial charge in [0.05, 0.1) is 11.4 Å². The quantitative estimate of drug-likeness (QED) is 0.206. The number of nitrogens with two attached hydrogens (primary N) is 1. The minimum Gasteiger partial charge on any atom is -0.457 e. The average Bonchev–Trinajstić information content (AvgIpc) is 3.46. The second-order valence-electron chi connectivity index (χ2n) is 13.5. The van der Waals surface area contributed by atoms with E-state index in [-0.39, 0.29) is 34.9 Å². The molecule has 2 aromatic carbocycles. The van der Waals surface area contributed by atoms with E-state index in [1.807, 2.05) is 24.3 Å². The molecule has 0 aliphatic carbocycles. The maximum Gasteiger partial charge on any atom is 0.264 e. The number of rotatable bonds is 7. The number of halogens is 1. The molecule has 48 heavy (non-hydrogen) atoms. The van der Waals surface area contributed by atoms with Crippen LogP contribution < -0.4 is 10.5 Å². The Labute approximate surface area is 280 Å². The number of likely N-dealkylation sites (N-methyl/N-ethyl adjacent to an activating group) is 1. The predicted molar refractivity (Wildman–Crippen MR) is 183 cm³/mol. The van der Waals surface area contributed by atoms with Gasteiger partial charge in [0.15, 0.2) is 5.65 Å². The van der Waals surface area contributed by atoms with Crippen LogP contribution in [-0.2, 0) is 4.79 Å². The lowest BCUT2D eigenvalue weighted by molar-refractivity contribution is -0.128. The zero-order chi connectivity index (χ0) is 34.2. The summed E-state index contributed by atoms with van der Waals surface area (Å²) < 4.78 is 23.2. The molecule has 4 aromatic rings. The third-order valence-electron chi connectivity index (χ3n) is 9.61. The van der Waals surface area contributed by atoms with Gasteiger partial charge >= 0.3 is 0 Å². The summed E-state index contributed by atoms with van der Waals surface area (Å²) in [6, 6.07) is 16.3. The van der Waals surface area contributed by atoms with Crippen molar-refractivity contribution in [3.63, 3.8) is 0 Å². The summed E-state index contributed by atoms with van der Waals surface area (Å²) in [4.78, 5) is 29.0. The van der Waals surface area contributed by atoms with Gasteiger partial charge in [-0.1, -0.05) is 18.2 Å². The second kappa shape index (κ2) is 13.3. The van der Waals surface area contributed by atoms with Crippen LogP contribution in [0.3, 0.4) is 0 Å². The Morgan fingerprint density at radius 1 is 1.08 bits per heavy atom. The molecule has 2 fully saturated rings. The molecule has 0 saturated carbocycles. The van der Waals surface area contributed by atoms with Crippen molar-refractivity contribution < 1.29 is 13.9 Å². The van der Waals surface area contributed by atoms with Gasteiger partial charge in [0.25, 0.3) is 5.91 Å². The molecule has 11 nitrogen and oxygen atoms in total. The molecule has 0 spiro atoms. The van der Waals surface area contributed by atoms with Crippen molar-refractivity contribution in [3.05, 3.63) is 72.3 Å². The van der Waals surface area contributed by atoms with E-state index in [1.165, 1.54) is 12.4 Å². The summed E-state index contributed by atoms with van der Waals surface area (Å²) in [7, 11) is 2.12. The third kappa shape index (κ3) is 6.48. The third-order valence-corrected chi connectivity index (χ3v) is 9.61. The minimum absolute atomic E-state index is 0.122. The van der Waals surface area contributed by atoms with E-state index in [4.69, 9.17) is 15.6 Å². The monoisotopic (exact) mass is 651 g/mol. The predicted octanol–water partition coefficient (Wildman–Crippen LogP) is 5.42. The molecule has 2 aromatic heterocycles. The fourth-order valence-electron chi connectivity index (χ4n) is 7.00. The number of amides is 1. The van der Waals surface area contributed by atoms with Crippen LogP contribution >= 0.6 is 0 Å². The molecule has 12 heteroatoms. The standard InChI is InChI=1S/C36H42FN9O2/c1-23-20-45(24(2)19-43(23)5)36(3,4)17-25(18-38)35(47)44-15-9-10-26(21-44)46-34-31(33(39)40-22-41-34)32(42-46)29-14-13-28(16-30(29)37)48-27-11-7-6-8-12-27/h6-8,11-14,16-17,22-24,26H,9-10,15,19-21H2,1-5H3,(H2,39,40,41)/t23-,24+,26+/m0/s1. The zero-order valence-electron chi connectivity index (χ0n) is 28.1. The number of para-hydroxylation sites is 1. The summed E-state index contributed by atoms with van der Waals surface area (Å²) in [5, 5.41) is 15.5. The zero-order valence-corrected chi connectivity index (χ0v) is 28.1. The number of nitriles is 1. The molecule has 2 N–H and O–H groups in total. The van der Waals surface area contributed by atoms with Gasteiger partial charge in [0.2, 0.25) is 0 Å². The second-order valence-corrected chi connectivity index (χ2v) is 13.5. The van der Waals surface area contributed by atoms with E-state index in [9.17, 15) is 10.1 Å². The van der Waals surface area contributed by atoms with E-state index in [0.717, 1.165) is 13.1 Å². The largest absolute Gasteiger partial charge is 0.457 e. The molecule has 0 bridgehead atoms. The number of nitrogen functional groups attached to an aromatic ring is 1. The van der Waals surface area contributed by atoms with Crippen molar-refractivity contribution in [1.29, 1.82) is 5.26 Å². The van der Waals surface area contributed by atoms with Crippen LogP contribution in [0.2, 0.25) is 0 Å². The lowest BCUT2D eigenvalue weighted by Crippen LogP contribution is -2.61. The molecular formula is C36H42FN9O2. The van der Waals surface area contributed by atoms with E-state index in [0.29, 0.717) is 60.2 Å². The molecule has 1 amide bonds. The number of fused-ring (bicyclic) bond motifs is 1. The van der Waals surface area contributed by atoms with Crippen LogP contribution in [0.25, 0.3) is 22.3 Å². The van der Waals surface area contributed by atoms with Crippen molar-refractivity contribution in [2.24, 2.45) is 0 Å². The number of carbonyl (C=O) groups is 1. The smallest absolute Gasteiger partial charge is 0.264 e. The normalized spacial score (nSPS) is 21.3. The van der Waals surface area contributed by atoms with Crippen molar-refractivity contribution in [3.8, 4) is 28.8 Å². The van der Waals surface area contributed by atoms with Crippen LogP contribution in [0.15, 0.2) is 66.5 Å². The first-order chi connectivity index (χ1) is 23.0. The van der Waals surface area contributed by atoms with E-state index >= 15 is 4.39 Å². The molecule has 0 unspecified atom stereocenters. The maximum atomic E-state index is 15.7. The maximum absolute atomic E-state index is 15.7. The highest BCUT2D eigenvalue weighted by Gasteiger charge is 2.37.